The van der Waals surface area contributed by atoms with Crippen molar-refractivity contribution in [2.24, 2.45) is 5.41 Å². The van der Waals surface area contributed by atoms with Crippen LogP contribution in [0.1, 0.15) is 72.6 Å². The summed E-state index contributed by atoms with van der Waals surface area (Å²) in [7, 11) is 0. The summed E-state index contributed by atoms with van der Waals surface area (Å²) in [6.45, 7) is 4.17. The number of amides is 1. The van der Waals surface area contributed by atoms with E-state index in [1.807, 2.05) is 42.5 Å². The van der Waals surface area contributed by atoms with E-state index in [1.165, 1.54) is 11.1 Å². The number of carbonyl (C=O) groups is 2. The molecule has 1 N–H and O–H groups in total. The third-order valence-electron chi connectivity index (χ3n) is 7.91. The van der Waals surface area contributed by atoms with Crippen molar-refractivity contribution in [2.75, 3.05) is 18.5 Å². The first kappa shape index (κ1) is 23.3. The van der Waals surface area contributed by atoms with Gasteiger partial charge in [0.1, 0.15) is 5.69 Å². The van der Waals surface area contributed by atoms with E-state index in [9.17, 15) is 14.9 Å². The zero-order valence-corrected chi connectivity index (χ0v) is 20.3. The topological polar surface area (TPSA) is 78.1 Å². The fourth-order valence-corrected chi connectivity index (χ4v) is 5.82. The number of carbonyl (C=O) groups excluding carboxylic acids is 2. The number of nitrogens with zero attached hydrogens (tertiary/aromatic N) is 3. The van der Waals surface area contributed by atoms with Crippen molar-refractivity contribution in [1.29, 1.82) is 5.26 Å². The lowest BCUT2D eigenvalue weighted by atomic mass is 9.71. The monoisotopic (exact) mass is 468 g/mol. The summed E-state index contributed by atoms with van der Waals surface area (Å²) in [5.41, 5.74) is 7.31. The predicted octanol–water partition coefficient (Wildman–Crippen LogP) is 5.18. The smallest absolute Gasteiger partial charge is 0.245 e. The van der Waals surface area contributed by atoms with Crippen molar-refractivity contribution < 1.29 is 9.59 Å². The third-order valence-corrected chi connectivity index (χ3v) is 7.91. The Kier molecular flexibility index (Phi) is 6.44. The van der Waals surface area contributed by atoms with Gasteiger partial charge in [0.2, 0.25) is 5.91 Å². The molecule has 35 heavy (non-hydrogen) atoms. The Bertz CT molecular complexity index is 1310. The molecule has 180 valence electrons. The molecule has 0 unspecified atom stereocenters. The first-order valence-electron chi connectivity index (χ1n) is 12.7. The van der Waals surface area contributed by atoms with Gasteiger partial charge in [0.25, 0.3) is 0 Å². The molecule has 6 nitrogen and oxygen atoms in total. The first-order chi connectivity index (χ1) is 17.0. The van der Waals surface area contributed by atoms with Crippen LogP contribution in [0.5, 0.6) is 0 Å². The fourth-order valence-electron chi connectivity index (χ4n) is 5.82. The standard InChI is InChI=1S/C29H32N4O2/c1-21(34)27-18-24-7-3-4-8-26(24)33(27)31-28(35)29(12-5-2-6-13-29)14-16-32-15-11-23-10-9-22(19-30)17-25(23)20-32/h3-4,7-10,17-18H,2,5-6,11-16,20H2,1H3,(H,31,35). The fraction of sp³-hybridized carbons (Fsp3) is 0.414. The quantitative estimate of drug-likeness (QED) is 0.506. The van der Waals surface area contributed by atoms with E-state index >= 15 is 0 Å². The number of benzene rings is 2. The van der Waals surface area contributed by atoms with Gasteiger partial charge in [-0.2, -0.15) is 5.26 Å². The van der Waals surface area contributed by atoms with Crippen LogP contribution < -0.4 is 5.43 Å². The second-order valence-electron chi connectivity index (χ2n) is 10.1. The van der Waals surface area contributed by atoms with Crippen LogP contribution in [0.4, 0.5) is 0 Å². The minimum atomic E-state index is -0.438. The van der Waals surface area contributed by atoms with Crippen LogP contribution in [0.25, 0.3) is 10.9 Å². The van der Waals surface area contributed by atoms with Gasteiger partial charge in [0.15, 0.2) is 5.78 Å². The van der Waals surface area contributed by atoms with Crippen LogP contribution >= 0.6 is 0 Å². The maximum atomic E-state index is 13.9. The molecule has 2 aromatic carbocycles. The molecule has 0 saturated heterocycles. The lowest BCUT2D eigenvalue weighted by Gasteiger charge is -2.38. The molecule has 1 aliphatic carbocycles. The van der Waals surface area contributed by atoms with Gasteiger partial charge in [-0.15, -0.1) is 0 Å². The highest BCUT2D eigenvalue weighted by atomic mass is 16.2. The summed E-state index contributed by atoms with van der Waals surface area (Å²) in [4.78, 5) is 28.6. The van der Waals surface area contributed by atoms with Crippen LogP contribution in [-0.2, 0) is 17.8 Å². The molecule has 6 heteroatoms. The number of ketones is 1. The van der Waals surface area contributed by atoms with Crippen LogP contribution in [0.3, 0.4) is 0 Å². The molecule has 2 aliphatic rings. The van der Waals surface area contributed by atoms with Crippen molar-refractivity contribution in [3.8, 4) is 6.07 Å². The minimum absolute atomic E-state index is 0.0187. The van der Waals surface area contributed by atoms with Gasteiger partial charge >= 0.3 is 0 Å². The van der Waals surface area contributed by atoms with Gasteiger partial charge in [-0.05, 0) is 67.6 Å². The molecule has 2 heterocycles. The van der Waals surface area contributed by atoms with E-state index in [0.717, 1.165) is 75.5 Å². The number of nitriles is 1. The van der Waals surface area contributed by atoms with E-state index in [0.29, 0.717) is 11.3 Å². The summed E-state index contributed by atoms with van der Waals surface area (Å²) in [6.07, 6.45) is 6.76. The summed E-state index contributed by atoms with van der Waals surface area (Å²) in [5.74, 6) is -0.0480. The maximum absolute atomic E-state index is 13.9. The van der Waals surface area contributed by atoms with Gasteiger partial charge in [-0.3, -0.25) is 19.9 Å². The van der Waals surface area contributed by atoms with Gasteiger partial charge in [-0.25, -0.2) is 4.68 Å². The number of hydrogen-bond donors (Lipinski definition) is 1. The molecule has 1 fully saturated rings. The molecule has 3 aromatic rings. The molecule has 1 aliphatic heterocycles. The summed E-state index contributed by atoms with van der Waals surface area (Å²) in [6, 6.07) is 17.9. The maximum Gasteiger partial charge on any atom is 0.245 e. The van der Waals surface area contributed by atoms with Crippen molar-refractivity contribution >= 4 is 22.6 Å². The second-order valence-corrected chi connectivity index (χ2v) is 10.1. The summed E-state index contributed by atoms with van der Waals surface area (Å²) >= 11 is 0. The van der Waals surface area contributed by atoms with Crippen molar-refractivity contribution in [1.82, 2.24) is 9.58 Å². The molecule has 0 spiro atoms. The van der Waals surface area contributed by atoms with E-state index in [1.54, 1.807) is 11.6 Å². The average molecular weight is 469 g/mol. The van der Waals surface area contributed by atoms with Crippen molar-refractivity contribution in [2.45, 2.75) is 58.4 Å². The molecule has 0 bridgehead atoms. The zero-order chi connectivity index (χ0) is 24.4. The number of para-hydroxylation sites is 1. The average Bonchev–Trinajstić information content (AvgIpc) is 3.26. The molecule has 5 rings (SSSR count). The predicted molar refractivity (Wildman–Crippen MR) is 137 cm³/mol. The second kappa shape index (κ2) is 9.67. The van der Waals surface area contributed by atoms with Crippen molar-refractivity contribution in [3.05, 3.63) is 70.9 Å². The van der Waals surface area contributed by atoms with E-state index in [2.05, 4.69) is 22.5 Å². The van der Waals surface area contributed by atoms with E-state index < -0.39 is 5.41 Å². The van der Waals surface area contributed by atoms with Crippen LogP contribution in [-0.4, -0.2) is 34.4 Å². The number of hydrogen-bond acceptors (Lipinski definition) is 4. The van der Waals surface area contributed by atoms with Gasteiger partial charge < -0.3 is 0 Å². The molecular weight excluding hydrogens is 436 g/mol. The highest BCUT2D eigenvalue weighted by Gasteiger charge is 2.40. The Morgan fingerprint density at radius 3 is 2.63 bits per heavy atom. The van der Waals surface area contributed by atoms with E-state index in [4.69, 9.17) is 0 Å². The number of rotatable bonds is 6. The third kappa shape index (κ3) is 4.61. The minimum Gasteiger partial charge on any atom is -0.299 e. The lowest BCUT2D eigenvalue weighted by molar-refractivity contribution is -0.129. The highest BCUT2D eigenvalue weighted by Crippen LogP contribution is 2.40. The highest BCUT2D eigenvalue weighted by molar-refractivity contribution is 6.01. The summed E-state index contributed by atoms with van der Waals surface area (Å²) in [5, 5.41) is 10.2. The Hall–Kier alpha value is -3.43. The van der Waals surface area contributed by atoms with Gasteiger partial charge in [-0.1, -0.05) is 43.5 Å². The summed E-state index contributed by atoms with van der Waals surface area (Å²) < 4.78 is 1.69. The number of nitrogens with one attached hydrogen (secondary N) is 1. The van der Waals surface area contributed by atoms with E-state index in [-0.39, 0.29) is 11.7 Å². The molecule has 0 radical (unpaired) electrons. The Morgan fingerprint density at radius 2 is 1.86 bits per heavy atom. The van der Waals surface area contributed by atoms with Crippen LogP contribution in [0.15, 0.2) is 48.5 Å². The normalized spacial score (nSPS) is 17.5. The Morgan fingerprint density at radius 1 is 1.06 bits per heavy atom. The van der Waals surface area contributed by atoms with Crippen LogP contribution in [0, 0.1) is 16.7 Å². The molecule has 0 atom stereocenters. The Balaban J connectivity index is 1.35. The molecule has 1 saturated carbocycles. The number of fused-ring (bicyclic) bond motifs is 2. The van der Waals surface area contributed by atoms with Crippen LogP contribution in [0.2, 0.25) is 0 Å². The molecule has 1 amide bonds. The Labute approximate surface area is 206 Å². The van der Waals surface area contributed by atoms with Gasteiger partial charge in [0.05, 0.1) is 22.6 Å². The number of aromatic nitrogens is 1. The zero-order valence-electron chi connectivity index (χ0n) is 20.3. The van der Waals surface area contributed by atoms with Gasteiger partial charge in [0, 0.05) is 25.4 Å². The first-order valence-corrected chi connectivity index (χ1v) is 12.7. The number of Topliss-reactive ketones (excluding diaryl/α,β-unsaturated/α-hetero) is 1. The van der Waals surface area contributed by atoms with Crippen molar-refractivity contribution in [3.63, 3.8) is 0 Å². The lowest BCUT2D eigenvalue weighted by Crippen LogP contribution is -2.44. The largest absolute Gasteiger partial charge is 0.299 e. The molecule has 1 aromatic heterocycles. The molecular formula is C29H32N4O2. The SMILES string of the molecule is CC(=O)c1cc2ccccc2n1NC(=O)C1(CCN2CCc3ccc(C#N)cc3C2)CCCCC1.